The second-order valence-electron chi connectivity index (χ2n) is 5.87. The lowest BCUT2D eigenvalue weighted by atomic mass is 9.74. The number of rotatable bonds is 3. The van der Waals surface area contributed by atoms with Gasteiger partial charge in [0.1, 0.15) is 4.21 Å². The number of hydrogen-bond acceptors (Lipinski definition) is 6. The van der Waals surface area contributed by atoms with E-state index in [1.165, 1.54) is 16.3 Å². The second-order valence-corrected chi connectivity index (χ2v) is 8.57. The molecule has 2 saturated heterocycles. The molecule has 2 atom stereocenters. The van der Waals surface area contributed by atoms with Crippen LogP contribution in [0.5, 0.6) is 0 Å². The number of hydrogen-bond donors (Lipinski definition) is 2. The molecule has 0 aromatic carbocycles. The number of carbonyl (C=O) groups excluding carboxylic acids is 1. The third-order valence-corrected chi connectivity index (χ3v) is 6.91. The maximum atomic E-state index is 12.6. The molecule has 3 rings (SSSR count). The van der Waals surface area contributed by atoms with E-state index in [4.69, 9.17) is 9.88 Å². The fourth-order valence-electron chi connectivity index (χ4n) is 3.21. The molecule has 0 unspecified atom stereocenters. The topological polar surface area (TPSA) is 127 Å². The smallest absolute Gasteiger partial charge is 0.311 e. The van der Waals surface area contributed by atoms with Crippen molar-refractivity contribution < 1.29 is 27.9 Å². The summed E-state index contributed by atoms with van der Waals surface area (Å²) < 4.78 is 27.9. The highest BCUT2D eigenvalue weighted by atomic mass is 32.2. The molecule has 0 spiro atoms. The number of primary sulfonamides is 1. The Balaban J connectivity index is 1.84. The van der Waals surface area contributed by atoms with Crippen LogP contribution in [-0.2, 0) is 19.6 Å². The number of aliphatic carboxylic acids is 1. The molecule has 23 heavy (non-hydrogen) atoms. The normalized spacial score (nSPS) is 27.7. The molecule has 2 aliphatic rings. The highest BCUT2D eigenvalue weighted by Gasteiger charge is 2.55. The summed E-state index contributed by atoms with van der Waals surface area (Å²) in [7, 11) is -3.85. The molecule has 10 heteroatoms. The van der Waals surface area contributed by atoms with Crippen LogP contribution in [0.4, 0.5) is 0 Å². The van der Waals surface area contributed by atoms with Crippen molar-refractivity contribution in [3.05, 3.63) is 17.0 Å². The molecule has 2 aliphatic heterocycles. The van der Waals surface area contributed by atoms with Gasteiger partial charge in [-0.15, -0.1) is 11.3 Å². The molecule has 3 N–H and O–H groups in total. The molecule has 1 amide bonds. The zero-order valence-electron chi connectivity index (χ0n) is 12.1. The Labute approximate surface area is 136 Å². The first-order valence-corrected chi connectivity index (χ1v) is 9.38. The zero-order valence-corrected chi connectivity index (χ0v) is 13.7. The van der Waals surface area contributed by atoms with E-state index >= 15 is 0 Å². The third kappa shape index (κ3) is 2.75. The summed E-state index contributed by atoms with van der Waals surface area (Å²) in [5, 5.41) is 16.1. The van der Waals surface area contributed by atoms with Gasteiger partial charge in [-0.25, -0.2) is 13.6 Å². The average molecular weight is 360 g/mol. The van der Waals surface area contributed by atoms with Gasteiger partial charge < -0.3 is 14.7 Å². The molecule has 0 bridgehead atoms. The van der Waals surface area contributed by atoms with Crippen LogP contribution in [0.3, 0.4) is 0 Å². The Bertz CT molecular complexity index is 758. The Kier molecular flexibility index (Phi) is 3.95. The number of carboxylic acids is 1. The first kappa shape index (κ1) is 16.4. The monoisotopic (exact) mass is 360 g/mol. The van der Waals surface area contributed by atoms with Crippen LogP contribution in [0, 0.1) is 11.3 Å². The summed E-state index contributed by atoms with van der Waals surface area (Å²) >= 11 is 0.873. The molecule has 8 nitrogen and oxygen atoms in total. The summed E-state index contributed by atoms with van der Waals surface area (Å²) in [5.41, 5.74) is -0.772. The van der Waals surface area contributed by atoms with E-state index in [2.05, 4.69) is 0 Å². The lowest BCUT2D eigenvalue weighted by molar-refractivity contribution is -0.157. The summed E-state index contributed by atoms with van der Waals surface area (Å²) in [4.78, 5) is 25.7. The third-order valence-electron chi connectivity index (χ3n) is 4.52. The Morgan fingerprint density at radius 2 is 2.22 bits per heavy atom. The van der Waals surface area contributed by atoms with Crippen LogP contribution in [-0.4, -0.2) is 56.6 Å². The van der Waals surface area contributed by atoms with Crippen LogP contribution >= 0.6 is 11.3 Å². The Morgan fingerprint density at radius 3 is 2.78 bits per heavy atom. The number of ether oxygens (including phenoxy) is 1. The highest BCUT2D eigenvalue weighted by molar-refractivity contribution is 7.91. The van der Waals surface area contributed by atoms with Gasteiger partial charge in [-0.3, -0.25) is 9.59 Å². The molecule has 3 heterocycles. The minimum Gasteiger partial charge on any atom is -0.481 e. The first-order chi connectivity index (χ1) is 10.7. The number of carbonyl (C=O) groups is 2. The van der Waals surface area contributed by atoms with E-state index in [0.29, 0.717) is 19.6 Å². The fourth-order valence-corrected chi connectivity index (χ4v) is 4.79. The quantitative estimate of drug-likeness (QED) is 0.778. The molecular formula is C13H16N2O6S2. The zero-order chi connectivity index (χ0) is 16.8. The van der Waals surface area contributed by atoms with Crippen molar-refractivity contribution in [3.63, 3.8) is 0 Å². The van der Waals surface area contributed by atoms with E-state index in [1.54, 1.807) is 0 Å². The lowest BCUT2D eigenvalue weighted by Crippen LogP contribution is -2.45. The number of likely N-dealkylation sites (tertiary alicyclic amines) is 1. The van der Waals surface area contributed by atoms with Crippen molar-refractivity contribution in [2.75, 3.05) is 26.3 Å². The molecule has 2 fully saturated rings. The Morgan fingerprint density at radius 1 is 1.48 bits per heavy atom. The minimum absolute atomic E-state index is 0.0891. The van der Waals surface area contributed by atoms with Crippen LogP contribution in [0.2, 0.25) is 0 Å². The molecule has 0 aliphatic carbocycles. The van der Waals surface area contributed by atoms with Crippen LogP contribution in [0.15, 0.2) is 15.7 Å². The van der Waals surface area contributed by atoms with Gasteiger partial charge in [0.15, 0.2) is 0 Å². The fraction of sp³-hybridized carbons (Fsp3) is 0.538. The van der Waals surface area contributed by atoms with Crippen molar-refractivity contribution in [3.8, 4) is 0 Å². The SMILES string of the molecule is NS(=O)(=O)c1cc(C(=O)N2C[C@H]3COCC[C@@]3(C(=O)O)C2)cs1. The van der Waals surface area contributed by atoms with Gasteiger partial charge in [-0.05, 0) is 12.5 Å². The molecule has 1 aromatic rings. The van der Waals surface area contributed by atoms with E-state index in [-0.39, 0.29) is 34.7 Å². The van der Waals surface area contributed by atoms with Gasteiger partial charge in [0.2, 0.25) is 10.0 Å². The molecule has 0 saturated carbocycles. The largest absolute Gasteiger partial charge is 0.481 e. The molecular weight excluding hydrogens is 344 g/mol. The molecule has 1 aromatic heterocycles. The lowest BCUT2D eigenvalue weighted by Gasteiger charge is -2.33. The van der Waals surface area contributed by atoms with Crippen LogP contribution in [0.25, 0.3) is 0 Å². The average Bonchev–Trinajstić information content (AvgIpc) is 3.11. The summed E-state index contributed by atoms with van der Waals surface area (Å²) in [6.45, 7) is 1.06. The molecule has 126 valence electrons. The van der Waals surface area contributed by atoms with Crippen LogP contribution in [0.1, 0.15) is 16.8 Å². The van der Waals surface area contributed by atoms with Crippen molar-refractivity contribution in [1.29, 1.82) is 0 Å². The van der Waals surface area contributed by atoms with Gasteiger partial charge in [0, 0.05) is 31.0 Å². The number of amides is 1. The number of nitrogens with two attached hydrogens (primary N) is 1. The second kappa shape index (κ2) is 5.55. The summed E-state index contributed by atoms with van der Waals surface area (Å²) in [5.74, 6) is -1.56. The number of fused-ring (bicyclic) bond motifs is 1. The standard InChI is InChI=1S/C13H16N2O6S2/c14-23(19,20)10-3-8(6-22-10)11(16)15-4-9-5-21-2-1-13(9,7-15)12(17)18/h3,6,9H,1-2,4-5,7H2,(H,17,18)(H2,14,19,20)/t9-,13+/m0/s1. The van der Waals surface area contributed by atoms with Gasteiger partial charge >= 0.3 is 5.97 Å². The summed E-state index contributed by atoms with van der Waals surface area (Å²) in [6.07, 6.45) is 0.364. The van der Waals surface area contributed by atoms with E-state index in [0.717, 1.165) is 11.3 Å². The van der Waals surface area contributed by atoms with E-state index in [9.17, 15) is 23.1 Å². The number of carboxylic acid groups (broad SMARTS) is 1. The maximum absolute atomic E-state index is 12.6. The number of sulfonamides is 1. The van der Waals surface area contributed by atoms with Crippen molar-refractivity contribution in [1.82, 2.24) is 4.90 Å². The van der Waals surface area contributed by atoms with Crippen molar-refractivity contribution in [2.45, 2.75) is 10.6 Å². The number of nitrogens with zero attached hydrogens (tertiary/aromatic N) is 1. The minimum atomic E-state index is -3.85. The van der Waals surface area contributed by atoms with E-state index in [1.807, 2.05) is 0 Å². The number of thiophene rings is 1. The van der Waals surface area contributed by atoms with Gasteiger partial charge in [0.25, 0.3) is 5.91 Å². The van der Waals surface area contributed by atoms with Gasteiger partial charge in [-0.1, -0.05) is 0 Å². The van der Waals surface area contributed by atoms with Gasteiger partial charge in [0.05, 0.1) is 17.6 Å². The summed E-state index contributed by atoms with van der Waals surface area (Å²) in [6, 6.07) is 1.23. The predicted molar refractivity (Wildman–Crippen MR) is 80.6 cm³/mol. The highest BCUT2D eigenvalue weighted by Crippen LogP contribution is 2.43. The van der Waals surface area contributed by atoms with Gasteiger partial charge in [-0.2, -0.15) is 0 Å². The Hall–Kier alpha value is -1.49. The van der Waals surface area contributed by atoms with Crippen molar-refractivity contribution >= 4 is 33.2 Å². The van der Waals surface area contributed by atoms with Crippen LogP contribution < -0.4 is 5.14 Å². The van der Waals surface area contributed by atoms with Crippen molar-refractivity contribution in [2.24, 2.45) is 16.5 Å². The molecule has 0 radical (unpaired) electrons. The van der Waals surface area contributed by atoms with E-state index < -0.39 is 21.4 Å². The maximum Gasteiger partial charge on any atom is 0.311 e. The predicted octanol–water partition coefficient (Wildman–Crippen LogP) is -0.0412. The first-order valence-electron chi connectivity index (χ1n) is 6.96.